The summed E-state index contributed by atoms with van der Waals surface area (Å²) in [5.41, 5.74) is 1.88. The summed E-state index contributed by atoms with van der Waals surface area (Å²) in [5.74, 6) is 1.76. The molecule has 0 bridgehead atoms. The summed E-state index contributed by atoms with van der Waals surface area (Å²) in [4.78, 5) is 14.9. The van der Waals surface area contributed by atoms with Gasteiger partial charge in [0.05, 0.1) is 5.69 Å². The number of dihydropyridines is 1. The van der Waals surface area contributed by atoms with Crippen LogP contribution in [0.2, 0.25) is 0 Å². The first-order valence-electron chi connectivity index (χ1n) is 22.7. The molecule has 3 rings (SSSR count). The van der Waals surface area contributed by atoms with Crippen molar-refractivity contribution in [2.75, 3.05) is 11.5 Å². The summed E-state index contributed by atoms with van der Waals surface area (Å²) in [6.45, 7) is 9.12. The van der Waals surface area contributed by atoms with Gasteiger partial charge in [-0.3, -0.25) is 4.52 Å². The Hall–Kier alpha value is -2.39. The molecule has 2 N–H and O–H groups in total. The Balaban J connectivity index is 1.92. The average Bonchev–Trinajstić information content (AvgIpc) is 3.46. The van der Waals surface area contributed by atoms with Gasteiger partial charge in [-0.15, -0.1) is 0 Å². The third kappa shape index (κ3) is 15.6. The normalized spacial score (nSPS) is 19.3. The lowest BCUT2D eigenvalue weighted by Gasteiger charge is -2.34. The van der Waals surface area contributed by atoms with Crippen LogP contribution in [0.1, 0.15) is 201 Å². The van der Waals surface area contributed by atoms with Gasteiger partial charge in [0.2, 0.25) is 13.2 Å². The van der Waals surface area contributed by atoms with Crippen molar-refractivity contribution >= 4 is 19.1 Å². The van der Waals surface area contributed by atoms with Crippen LogP contribution in [0.25, 0.3) is 0 Å². The Bertz CT molecular complexity index is 1320. The van der Waals surface area contributed by atoms with Crippen LogP contribution in [0.5, 0.6) is 0 Å². The maximum atomic E-state index is 15.1. The molecule has 1 aromatic rings. The number of halogens is 1. The molecule has 2 aliphatic heterocycles. The smallest absolute Gasteiger partial charge is 0.356 e. The van der Waals surface area contributed by atoms with Crippen LogP contribution in [0.15, 0.2) is 71.0 Å². The van der Waals surface area contributed by atoms with Crippen molar-refractivity contribution in [2.24, 2.45) is 0 Å². The van der Waals surface area contributed by atoms with Gasteiger partial charge in [0.25, 0.3) is 0 Å². The van der Waals surface area contributed by atoms with Gasteiger partial charge < -0.3 is 10.6 Å². The number of benzene rings is 1. The number of nitrogens with one attached hydrogen (secondary N) is 2. The zero-order valence-electron chi connectivity index (χ0n) is 35.1. The zero-order chi connectivity index (χ0) is 38.7. The van der Waals surface area contributed by atoms with Gasteiger partial charge >= 0.3 is 5.97 Å². The molecule has 6 heteroatoms. The lowest BCUT2D eigenvalue weighted by Crippen LogP contribution is -2.56. The van der Waals surface area contributed by atoms with Crippen LogP contribution < -0.4 is 10.6 Å². The van der Waals surface area contributed by atoms with Gasteiger partial charge in [-0.05, 0) is 81.0 Å². The predicted molar refractivity (Wildman–Crippen MR) is 235 cm³/mol. The van der Waals surface area contributed by atoms with Crippen LogP contribution in [0.4, 0.5) is 10.1 Å². The van der Waals surface area contributed by atoms with Gasteiger partial charge in [0, 0.05) is 12.0 Å². The van der Waals surface area contributed by atoms with E-state index < -0.39 is 19.0 Å². The summed E-state index contributed by atoms with van der Waals surface area (Å²) < 4.78 is 22.2. The Morgan fingerprint density at radius 1 is 0.667 bits per heavy atom. The van der Waals surface area contributed by atoms with E-state index in [1.165, 1.54) is 164 Å². The van der Waals surface area contributed by atoms with Crippen molar-refractivity contribution in [1.82, 2.24) is 5.32 Å². The second-order valence-corrected chi connectivity index (χ2v) is 19.1. The summed E-state index contributed by atoms with van der Waals surface area (Å²) >= 11 is 0. The molecule has 0 aromatic heterocycles. The molecule has 304 valence electrons. The highest BCUT2D eigenvalue weighted by Gasteiger charge is 2.54. The molecule has 0 saturated carbocycles. The van der Waals surface area contributed by atoms with Gasteiger partial charge in [0.15, 0.2) is 0 Å². The molecule has 2 atom stereocenters. The second kappa shape index (κ2) is 27.2. The van der Waals surface area contributed by atoms with Crippen molar-refractivity contribution in [3.05, 3.63) is 76.8 Å². The molecule has 0 aliphatic carbocycles. The number of carbonyl (C=O) groups is 1. The number of anilines is 1. The zero-order valence-corrected chi connectivity index (χ0v) is 36.0. The Labute approximate surface area is 332 Å². The summed E-state index contributed by atoms with van der Waals surface area (Å²) in [5, 5.41) is 7.98. The van der Waals surface area contributed by atoms with E-state index in [-0.39, 0.29) is 11.7 Å². The largest absolute Gasteiger partial charge is 0.400 e. The number of hydrogen-bond acceptors (Lipinski definition) is 4. The van der Waals surface area contributed by atoms with Crippen molar-refractivity contribution in [2.45, 2.75) is 207 Å². The minimum atomic E-state index is -2.45. The van der Waals surface area contributed by atoms with Crippen molar-refractivity contribution in [1.29, 1.82) is 0 Å². The number of para-hydroxylation sites is 1. The van der Waals surface area contributed by atoms with Crippen molar-refractivity contribution in [3.63, 3.8) is 0 Å². The van der Waals surface area contributed by atoms with Crippen molar-refractivity contribution < 1.29 is 13.7 Å². The molecular formula is C48H79FN2O2P+. The van der Waals surface area contributed by atoms with E-state index >= 15 is 4.39 Å². The highest BCUT2D eigenvalue weighted by atomic mass is 31.2. The molecule has 0 spiro atoms. The second-order valence-electron chi connectivity index (χ2n) is 16.1. The maximum Gasteiger partial charge on any atom is 0.400 e. The van der Waals surface area contributed by atoms with E-state index in [0.29, 0.717) is 0 Å². The number of hydrogen-bond donors (Lipinski definition) is 2. The first-order chi connectivity index (χ1) is 26.4. The third-order valence-electron chi connectivity index (χ3n) is 11.4. The van der Waals surface area contributed by atoms with Crippen LogP contribution in [-0.2, 0) is 9.32 Å². The quantitative estimate of drug-likeness (QED) is 0.0566. The van der Waals surface area contributed by atoms with Gasteiger partial charge in [-0.2, -0.15) is 0 Å². The maximum absolute atomic E-state index is 15.1. The fraction of sp³-hybridized carbons (Fsp3) is 0.688. The van der Waals surface area contributed by atoms with E-state index in [4.69, 9.17) is 4.52 Å². The summed E-state index contributed by atoms with van der Waals surface area (Å²) in [6.07, 6.45) is 41.6. The van der Waals surface area contributed by atoms with E-state index in [9.17, 15) is 4.79 Å². The molecule has 0 saturated heterocycles. The van der Waals surface area contributed by atoms with Gasteiger partial charge in [-0.25, -0.2) is 9.18 Å². The Morgan fingerprint density at radius 3 is 1.74 bits per heavy atom. The minimum Gasteiger partial charge on any atom is -0.356 e. The van der Waals surface area contributed by atoms with Crippen LogP contribution in [0.3, 0.4) is 0 Å². The average molecular weight is 766 g/mol. The number of rotatable bonds is 32. The van der Waals surface area contributed by atoms with E-state index in [0.717, 1.165) is 38.3 Å². The van der Waals surface area contributed by atoms with Crippen molar-refractivity contribution in [3.8, 4) is 0 Å². The fourth-order valence-electron chi connectivity index (χ4n) is 8.12. The highest BCUT2D eigenvalue weighted by Crippen LogP contribution is 2.76. The van der Waals surface area contributed by atoms with Crippen LogP contribution in [-0.4, -0.2) is 17.8 Å². The highest BCUT2D eigenvalue weighted by molar-refractivity contribution is 7.79. The molecule has 2 heterocycles. The molecule has 1 aromatic carbocycles. The summed E-state index contributed by atoms with van der Waals surface area (Å²) in [7, 11) is -2.45. The van der Waals surface area contributed by atoms with Gasteiger partial charge in [-0.1, -0.05) is 168 Å². The molecule has 2 unspecified atom stereocenters. The van der Waals surface area contributed by atoms with E-state index in [1.807, 2.05) is 12.2 Å². The van der Waals surface area contributed by atoms with E-state index in [1.54, 1.807) is 30.5 Å². The Kier molecular flexibility index (Phi) is 23.2. The molecule has 0 radical (unpaired) electrons. The molecule has 54 heavy (non-hydrogen) atoms. The van der Waals surface area contributed by atoms with Gasteiger partial charge in [0.1, 0.15) is 23.1 Å². The number of carbonyl (C=O) groups excluding carboxylic acids is 1. The molecule has 0 amide bonds. The standard InChI is InChI=1S/C48H79FN2O2P/c1-5-9-13-17-18-19-20-21-22-23-24-32-40-54(53-47(52)48(38-30-31-39-50-48)51-45-36-29-28-35-44(45)49)41-42(33-25-14-10-6-2)43(34-26-15-11-7-3)46(54)37-27-16-12-8-4/h28-31,35-36,38-39,41,50-51H,5-27,32-34,37,40H2,1-4H3/q+1. The predicted octanol–water partition coefficient (Wildman–Crippen LogP) is 15.8. The first kappa shape index (κ1) is 46.0. The molecule has 2 aliphatic rings. The molecular weight excluding hydrogens is 687 g/mol. The van der Waals surface area contributed by atoms with Crippen LogP contribution >= 0.6 is 7.49 Å². The lowest BCUT2D eigenvalue weighted by atomic mass is 9.94. The third-order valence-corrected chi connectivity index (χ3v) is 15.0. The minimum absolute atomic E-state index is 0.278. The lowest BCUT2D eigenvalue weighted by molar-refractivity contribution is -0.138. The molecule has 4 nitrogen and oxygen atoms in total. The monoisotopic (exact) mass is 766 g/mol. The molecule has 0 fully saturated rings. The fourth-order valence-corrected chi connectivity index (χ4v) is 12.1. The van der Waals surface area contributed by atoms with Crippen LogP contribution in [0, 0.1) is 5.82 Å². The SMILES string of the molecule is CCCCCCCCCCCCCC[P+]1(OC(=O)C2(Nc3ccccc3F)C=CC=CN2)C=C(CCCCCC)C(CCCCCC)=C1CCCCCC. The number of allylic oxidation sites excluding steroid dienone is 5. The Morgan fingerprint density at radius 2 is 1.19 bits per heavy atom. The first-order valence-corrected chi connectivity index (χ1v) is 24.6. The number of unbranched alkanes of at least 4 members (excludes halogenated alkanes) is 20. The topological polar surface area (TPSA) is 50.4 Å². The van der Waals surface area contributed by atoms with E-state index in [2.05, 4.69) is 44.1 Å². The summed E-state index contributed by atoms with van der Waals surface area (Å²) in [6, 6.07) is 6.58.